The molecule has 0 N–H and O–H groups in total. The topological polar surface area (TPSA) is 79.1 Å². The van der Waals surface area contributed by atoms with Crippen molar-refractivity contribution < 1.29 is 19.0 Å². The van der Waals surface area contributed by atoms with Crippen LogP contribution in [0.1, 0.15) is 44.9 Å². The van der Waals surface area contributed by atoms with Gasteiger partial charge < -0.3 is 14.2 Å². The predicted molar refractivity (Wildman–Crippen MR) is 143 cm³/mol. The second-order valence-corrected chi connectivity index (χ2v) is 10.3. The van der Waals surface area contributed by atoms with Crippen LogP contribution in [-0.2, 0) is 9.53 Å². The van der Waals surface area contributed by atoms with Gasteiger partial charge in [0.1, 0.15) is 17.5 Å². The molecule has 0 amide bonds. The van der Waals surface area contributed by atoms with Crippen LogP contribution in [-0.4, -0.2) is 30.4 Å². The maximum atomic E-state index is 13.9. The molecule has 188 valence electrons. The molecule has 1 aliphatic heterocycles. The lowest BCUT2D eigenvalue weighted by Crippen LogP contribution is -2.40. The van der Waals surface area contributed by atoms with Gasteiger partial charge in [0.15, 0.2) is 4.80 Å². The minimum absolute atomic E-state index is 0.0953. The molecule has 1 aromatic heterocycles. The molecule has 9 heteroatoms. The number of methoxy groups -OCH3 is 1. The molecule has 4 rings (SSSR count). The Labute approximate surface area is 221 Å². The summed E-state index contributed by atoms with van der Waals surface area (Å²) in [6.45, 7) is 7.58. The summed E-state index contributed by atoms with van der Waals surface area (Å²) in [6, 6.07) is 12.3. The highest BCUT2D eigenvalue weighted by atomic mass is 79.9. The Kier molecular flexibility index (Phi) is 7.80. The second kappa shape index (κ2) is 10.8. The van der Waals surface area contributed by atoms with Crippen LogP contribution in [0.3, 0.4) is 0 Å². The van der Waals surface area contributed by atoms with Crippen LogP contribution in [0.25, 0.3) is 6.08 Å². The minimum Gasteiger partial charge on any atom is -0.496 e. The van der Waals surface area contributed by atoms with E-state index in [0.717, 1.165) is 10.0 Å². The van der Waals surface area contributed by atoms with E-state index in [-0.39, 0.29) is 18.3 Å². The van der Waals surface area contributed by atoms with Crippen LogP contribution in [0.2, 0.25) is 0 Å². The van der Waals surface area contributed by atoms with Crippen LogP contribution in [0, 0.1) is 0 Å². The van der Waals surface area contributed by atoms with Gasteiger partial charge in [0.2, 0.25) is 0 Å². The fraction of sp³-hybridized carbons (Fsp3) is 0.296. The number of aromatic nitrogens is 1. The van der Waals surface area contributed by atoms with Crippen molar-refractivity contribution in [3.63, 3.8) is 0 Å². The van der Waals surface area contributed by atoms with Gasteiger partial charge in [0.05, 0.1) is 35.6 Å². The number of allylic oxidation sites excluding steroid dienone is 1. The number of benzene rings is 2. The molecule has 7 nitrogen and oxygen atoms in total. The molecule has 3 aromatic rings. The summed E-state index contributed by atoms with van der Waals surface area (Å²) >= 11 is 4.74. The summed E-state index contributed by atoms with van der Waals surface area (Å²) < 4.78 is 19.8. The Hall–Kier alpha value is -3.17. The summed E-state index contributed by atoms with van der Waals surface area (Å²) in [6.07, 6.45) is 1.69. The zero-order valence-electron chi connectivity index (χ0n) is 20.7. The molecule has 1 unspecified atom stereocenters. The van der Waals surface area contributed by atoms with Crippen molar-refractivity contribution in [2.24, 2.45) is 4.99 Å². The molecule has 1 atom stereocenters. The number of nitrogens with zero attached hydrogens (tertiary/aromatic N) is 2. The Morgan fingerprint density at radius 1 is 1.22 bits per heavy atom. The first kappa shape index (κ1) is 25.9. The Morgan fingerprint density at radius 3 is 2.67 bits per heavy atom. The molecule has 0 saturated carbocycles. The molecule has 0 spiro atoms. The third-order valence-electron chi connectivity index (χ3n) is 5.57. The van der Waals surface area contributed by atoms with Gasteiger partial charge in [-0.15, -0.1) is 0 Å². The third kappa shape index (κ3) is 5.03. The van der Waals surface area contributed by atoms with Crippen LogP contribution in [0.5, 0.6) is 11.5 Å². The van der Waals surface area contributed by atoms with E-state index in [4.69, 9.17) is 14.2 Å². The van der Waals surface area contributed by atoms with Crippen molar-refractivity contribution in [1.82, 2.24) is 4.57 Å². The minimum atomic E-state index is -0.748. The molecular weight excluding hydrogens is 544 g/mol. The molecule has 0 radical (unpaired) electrons. The molecule has 0 saturated heterocycles. The Balaban J connectivity index is 2.00. The van der Waals surface area contributed by atoms with Crippen molar-refractivity contribution in [2.45, 2.75) is 39.8 Å². The van der Waals surface area contributed by atoms with Gasteiger partial charge in [-0.25, -0.2) is 9.79 Å². The quantitative estimate of drug-likeness (QED) is 0.394. The van der Waals surface area contributed by atoms with Crippen LogP contribution >= 0.6 is 27.3 Å². The average Bonchev–Trinajstić information content (AvgIpc) is 3.13. The SMILES string of the molecule is CCOC(=O)C1=C(C)N=c2s/c(=C\c3cc(Br)ccc3OC)c(=O)n2C1c1ccccc1OC(C)C. The van der Waals surface area contributed by atoms with Crippen molar-refractivity contribution in [3.8, 4) is 11.5 Å². The van der Waals surface area contributed by atoms with Crippen LogP contribution in [0.4, 0.5) is 0 Å². The predicted octanol–water partition coefficient (Wildman–Crippen LogP) is 4.36. The molecular formula is C27H27BrN2O5S. The van der Waals surface area contributed by atoms with E-state index in [0.29, 0.717) is 37.7 Å². The maximum absolute atomic E-state index is 13.9. The van der Waals surface area contributed by atoms with Gasteiger partial charge >= 0.3 is 5.97 Å². The average molecular weight is 571 g/mol. The van der Waals surface area contributed by atoms with E-state index >= 15 is 0 Å². The molecule has 0 bridgehead atoms. The first-order chi connectivity index (χ1) is 17.2. The number of ether oxygens (including phenoxy) is 3. The summed E-state index contributed by atoms with van der Waals surface area (Å²) in [5.41, 5.74) is 2.00. The van der Waals surface area contributed by atoms with E-state index in [1.807, 2.05) is 56.3 Å². The highest BCUT2D eigenvalue weighted by Crippen LogP contribution is 2.36. The monoisotopic (exact) mass is 570 g/mol. The fourth-order valence-corrected chi connectivity index (χ4v) is 5.53. The third-order valence-corrected chi connectivity index (χ3v) is 7.05. The van der Waals surface area contributed by atoms with Crippen molar-refractivity contribution in [3.05, 3.63) is 89.0 Å². The van der Waals surface area contributed by atoms with Gasteiger partial charge in [0, 0.05) is 15.6 Å². The molecule has 0 fully saturated rings. The fourth-order valence-electron chi connectivity index (χ4n) is 4.11. The molecule has 1 aliphatic rings. The number of esters is 1. The Bertz CT molecular complexity index is 1520. The largest absolute Gasteiger partial charge is 0.496 e. The molecule has 0 aliphatic carbocycles. The molecule has 36 heavy (non-hydrogen) atoms. The smallest absolute Gasteiger partial charge is 0.338 e. The number of para-hydroxylation sites is 1. The number of fused-ring (bicyclic) bond motifs is 1. The second-order valence-electron chi connectivity index (χ2n) is 8.39. The summed E-state index contributed by atoms with van der Waals surface area (Å²) in [4.78, 5) is 32.1. The number of carbonyl (C=O) groups excluding carboxylic acids is 1. The van der Waals surface area contributed by atoms with E-state index in [9.17, 15) is 9.59 Å². The summed E-state index contributed by atoms with van der Waals surface area (Å²) in [5, 5.41) is 0. The number of rotatable bonds is 7. The van der Waals surface area contributed by atoms with Gasteiger partial charge in [-0.2, -0.15) is 0 Å². The van der Waals surface area contributed by atoms with Crippen molar-refractivity contribution in [2.75, 3.05) is 13.7 Å². The number of thiazole rings is 1. The lowest BCUT2D eigenvalue weighted by Gasteiger charge is -2.26. The van der Waals surface area contributed by atoms with E-state index in [1.165, 1.54) is 11.3 Å². The van der Waals surface area contributed by atoms with Gasteiger partial charge in [-0.1, -0.05) is 45.5 Å². The number of halogens is 1. The highest BCUT2D eigenvalue weighted by Gasteiger charge is 2.35. The van der Waals surface area contributed by atoms with E-state index in [2.05, 4.69) is 20.9 Å². The number of hydrogen-bond acceptors (Lipinski definition) is 7. The highest BCUT2D eigenvalue weighted by molar-refractivity contribution is 9.10. The maximum Gasteiger partial charge on any atom is 0.338 e. The van der Waals surface area contributed by atoms with Crippen LogP contribution in [0.15, 0.2) is 68.0 Å². The first-order valence-electron chi connectivity index (χ1n) is 11.5. The Morgan fingerprint density at radius 2 is 1.97 bits per heavy atom. The van der Waals surface area contributed by atoms with Crippen molar-refractivity contribution >= 4 is 39.3 Å². The van der Waals surface area contributed by atoms with Gasteiger partial charge in [-0.3, -0.25) is 9.36 Å². The number of hydrogen-bond donors (Lipinski definition) is 0. The molecule has 2 aromatic carbocycles. The zero-order chi connectivity index (χ0) is 26.0. The van der Waals surface area contributed by atoms with Gasteiger partial charge in [-0.05, 0) is 58.0 Å². The number of carbonyl (C=O) groups is 1. The van der Waals surface area contributed by atoms with E-state index < -0.39 is 12.0 Å². The normalized spacial score (nSPS) is 15.5. The summed E-state index contributed by atoms with van der Waals surface area (Å²) in [5.74, 6) is 0.725. The lowest BCUT2D eigenvalue weighted by atomic mass is 9.95. The molecule has 2 heterocycles. The zero-order valence-corrected chi connectivity index (χ0v) is 23.1. The van der Waals surface area contributed by atoms with Crippen LogP contribution < -0.4 is 24.4 Å². The standard InChI is InChI=1S/C27H27BrN2O5S/c1-6-34-26(32)23-16(4)29-27-30(24(23)19-9-7-8-10-21(19)35-15(2)3)25(31)22(36-27)14-17-13-18(28)11-12-20(17)33-5/h7-15,24H,6H2,1-5H3/b22-14-. The van der Waals surface area contributed by atoms with Gasteiger partial charge in [0.25, 0.3) is 5.56 Å². The van der Waals surface area contributed by atoms with Crippen molar-refractivity contribution in [1.29, 1.82) is 0 Å². The lowest BCUT2D eigenvalue weighted by molar-refractivity contribution is -0.139. The van der Waals surface area contributed by atoms with E-state index in [1.54, 1.807) is 31.6 Å². The first-order valence-corrected chi connectivity index (χ1v) is 13.1. The summed E-state index contributed by atoms with van der Waals surface area (Å²) in [7, 11) is 1.59.